The summed E-state index contributed by atoms with van der Waals surface area (Å²) in [5, 5.41) is 9.80. The van der Waals surface area contributed by atoms with Gasteiger partial charge in [0.15, 0.2) is 0 Å². The summed E-state index contributed by atoms with van der Waals surface area (Å²) in [4.78, 5) is 0. The molecule has 2 aliphatic carbocycles. The summed E-state index contributed by atoms with van der Waals surface area (Å²) < 4.78 is 4.96. The lowest BCUT2D eigenvalue weighted by Gasteiger charge is -2.24. The molecule has 15 aromatic rings. The Balaban J connectivity index is 1.000. The predicted molar refractivity (Wildman–Crippen MR) is 347 cm³/mol. The van der Waals surface area contributed by atoms with Crippen LogP contribution in [0.1, 0.15) is 49.9 Å². The van der Waals surface area contributed by atoms with E-state index in [0.717, 1.165) is 11.4 Å². The van der Waals surface area contributed by atoms with Crippen molar-refractivity contribution in [2.45, 2.75) is 38.5 Å². The van der Waals surface area contributed by atoms with E-state index in [4.69, 9.17) is 0 Å². The second-order valence-corrected chi connectivity index (χ2v) is 23.9. The number of benzene rings is 13. The van der Waals surface area contributed by atoms with Gasteiger partial charge in [0.1, 0.15) is 0 Å². The van der Waals surface area contributed by atoms with Crippen molar-refractivity contribution in [2.75, 3.05) is 0 Å². The summed E-state index contributed by atoms with van der Waals surface area (Å²) in [6.07, 6.45) is 0. The van der Waals surface area contributed by atoms with Crippen LogP contribution < -0.4 is 0 Å². The summed E-state index contributed by atoms with van der Waals surface area (Å²) in [5.74, 6) is 0. The minimum absolute atomic E-state index is 0.149. The van der Waals surface area contributed by atoms with Crippen molar-refractivity contribution in [3.8, 4) is 78.1 Å². The first kappa shape index (κ1) is 46.9. The van der Waals surface area contributed by atoms with E-state index in [2.05, 4.69) is 304 Å². The van der Waals surface area contributed by atoms with Crippen LogP contribution in [0.2, 0.25) is 0 Å². The van der Waals surface area contributed by atoms with Gasteiger partial charge in [0, 0.05) is 43.7 Å². The molecule has 2 heterocycles. The largest absolute Gasteiger partial charge is 0.309 e. The van der Waals surface area contributed by atoms with E-state index in [9.17, 15) is 0 Å². The Morgan fingerprint density at radius 2 is 0.524 bits per heavy atom. The molecule has 2 heteroatoms. The van der Waals surface area contributed by atoms with Crippen molar-refractivity contribution >= 4 is 65.2 Å². The number of hydrogen-bond acceptors (Lipinski definition) is 0. The van der Waals surface area contributed by atoms with Crippen LogP contribution in [-0.4, -0.2) is 9.13 Å². The third kappa shape index (κ3) is 6.52. The number of hydrogen-bond donors (Lipinski definition) is 0. The molecule has 0 saturated heterocycles. The van der Waals surface area contributed by atoms with Crippen LogP contribution in [0.15, 0.2) is 267 Å². The monoisotopic (exact) mass is 1040 g/mol. The lowest BCUT2D eigenvalue weighted by atomic mass is 9.79. The van der Waals surface area contributed by atoms with Gasteiger partial charge >= 0.3 is 0 Å². The van der Waals surface area contributed by atoms with Crippen LogP contribution in [0.4, 0.5) is 0 Å². The van der Waals surface area contributed by atoms with Crippen molar-refractivity contribution in [1.29, 1.82) is 0 Å². The number of fused-ring (bicyclic) bond motifs is 14. The van der Waals surface area contributed by atoms with Gasteiger partial charge in [-0.3, -0.25) is 0 Å². The van der Waals surface area contributed by atoms with Crippen LogP contribution in [0.3, 0.4) is 0 Å². The highest BCUT2D eigenvalue weighted by atomic mass is 15.0. The summed E-state index contributed by atoms with van der Waals surface area (Å²) in [6.45, 7) is 9.55. The highest BCUT2D eigenvalue weighted by molar-refractivity contribution is 6.24. The van der Waals surface area contributed by atoms with Crippen molar-refractivity contribution in [3.63, 3.8) is 0 Å². The van der Waals surface area contributed by atoms with E-state index >= 15 is 0 Å². The van der Waals surface area contributed by atoms with Gasteiger partial charge in [0.2, 0.25) is 0 Å². The summed E-state index contributed by atoms with van der Waals surface area (Å²) >= 11 is 0. The van der Waals surface area contributed by atoms with E-state index in [1.807, 2.05) is 0 Å². The summed E-state index contributed by atoms with van der Waals surface area (Å²) in [6, 6.07) is 101. The van der Waals surface area contributed by atoms with Gasteiger partial charge in [-0.1, -0.05) is 234 Å². The maximum Gasteiger partial charge on any atom is 0.0541 e. The molecule has 0 radical (unpaired) electrons. The van der Waals surface area contributed by atoms with Crippen molar-refractivity contribution in [3.05, 3.63) is 289 Å². The molecule has 2 aliphatic rings. The molecule has 2 aromatic heterocycles. The first-order valence-electron chi connectivity index (χ1n) is 28.9. The van der Waals surface area contributed by atoms with Gasteiger partial charge in [-0.25, -0.2) is 0 Å². The van der Waals surface area contributed by atoms with Crippen LogP contribution >= 0.6 is 0 Å². The van der Waals surface area contributed by atoms with Crippen LogP contribution in [0, 0.1) is 0 Å². The van der Waals surface area contributed by atoms with Gasteiger partial charge in [-0.05, 0) is 171 Å². The van der Waals surface area contributed by atoms with E-state index in [1.165, 1.54) is 154 Å². The van der Waals surface area contributed by atoms with E-state index < -0.39 is 0 Å². The van der Waals surface area contributed by atoms with E-state index in [0.29, 0.717) is 0 Å². The summed E-state index contributed by atoms with van der Waals surface area (Å²) in [7, 11) is 0. The highest BCUT2D eigenvalue weighted by Gasteiger charge is 2.37. The minimum atomic E-state index is -0.149. The van der Waals surface area contributed by atoms with Crippen molar-refractivity contribution < 1.29 is 0 Å². The molecule has 0 bridgehead atoms. The Kier molecular flexibility index (Phi) is 9.85. The van der Waals surface area contributed by atoms with E-state index in [-0.39, 0.29) is 10.8 Å². The van der Waals surface area contributed by atoms with Crippen LogP contribution in [0.25, 0.3) is 143 Å². The second kappa shape index (κ2) is 17.2. The molecule has 0 spiro atoms. The van der Waals surface area contributed by atoms with Gasteiger partial charge in [-0.15, -0.1) is 0 Å². The van der Waals surface area contributed by atoms with Gasteiger partial charge in [0.05, 0.1) is 22.1 Å². The Labute approximate surface area is 477 Å². The average Bonchev–Trinajstić information content (AvgIpc) is 4.34. The zero-order valence-electron chi connectivity index (χ0n) is 46.3. The normalized spacial score (nSPS) is 13.8. The molecule has 0 atom stereocenters. The minimum Gasteiger partial charge on any atom is -0.309 e. The Bertz CT molecular complexity index is 4790. The molecule has 82 heavy (non-hydrogen) atoms. The lowest BCUT2D eigenvalue weighted by molar-refractivity contribution is 0.660. The number of nitrogens with zero attached hydrogens (tertiary/aromatic N) is 2. The molecule has 0 aliphatic heterocycles. The number of rotatable bonds is 6. The topological polar surface area (TPSA) is 9.86 Å². The fraction of sp³-hybridized carbons (Fsp3) is 0.0750. The molecule has 0 unspecified atom stereocenters. The average molecular weight is 1050 g/mol. The fourth-order valence-electron chi connectivity index (χ4n) is 15.1. The van der Waals surface area contributed by atoms with Gasteiger partial charge in [-0.2, -0.15) is 0 Å². The molecule has 0 N–H and O–H groups in total. The van der Waals surface area contributed by atoms with Gasteiger partial charge < -0.3 is 9.13 Å². The Hall–Kier alpha value is -10.0. The fourth-order valence-corrected chi connectivity index (χ4v) is 15.1. The second-order valence-electron chi connectivity index (χ2n) is 23.9. The first-order chi connectivity index (χ1) is 40.2. The zero-order chi connectivity index (χ0) is 54.6. The van der Waals surface area contributed by atoms with Crippen LogP contribution in [-0.2, 0) is 10.8 Å². The first-order valence-corrected chi connectivity index (χ1v) is 28.9. The SMILES string of the molecule is CC1(C)c2ccccc2-c2ccc(-c3ccccc3-c3c4ccc(-n5c6ccccc6c6ccccc65)cc4c(-c4ccccc4-c4ccc5c(c4)C(C)(C)c4ccccc4-5)c4ccc(-n5c6ccccc6c6ccccc65)cc34)cc21. The van der Waals surface area contributed by atoms with E-state index in [1.54, 1.807) is 0 Å². The highest BCUT2D eigenvalue weighted by Crippen LogP contribution is 2.54. The number of para-hydroxylation sites is 4. The molecule has 386 valence electrons. The molecule has 17 rings (SSSR count). The zero-order valence-corrected chi connectivity index (χ0v) is 46.3. The van der Waals surface area contributed by atoms with Crippen molar-refractivity contribution in [2.24, 2.45) is 0 Å². The van der Waals surface area contributed by atoms with Gasteiger partial charge in [0.25, 0.3) is 0 Å². The van der Waals surface area contributed by atoms with Crippen LogP contribution in [0.5, 0.6) is 0 Å². The number of aromatic nitrogens is 2. The Morgan fingerprint density at radius 3 is 0.902 bits per heavy atom. The lowest BCUT2D eigenvalue weighted by Crippen LogP contribution is -2.14. The third-order valence-corrected chi connectivity index (χ3v) is 18.9. The molecule has 0 fully saturated rings. The maximum atomic E-state index is 2.50. The standard InChI is InChI=1S/C80H56N2/c1-79(2)69-31-15-9-23-55(69)57-41-37-49(45-71(57)79)53-21-5-7-29-63(53)77-65-43-39-52(82-75-35-19-13-27-61(75)62-28-14-20-36-76(62)82)48-68(65)78(66-44-40-51(47-67(66)77)81-73-33-17-11-25-59(73)60-26-12-18-34-74(60)81)64-30-8-6-22-54(64)50-38-42-58-56-24-10-16-32-70(56)80(3,4)72(58)46-50/h5-48H,1-4H3. The molecule has 0 amide bonds. The Morgan fingerprint density at radius 1 is 0.220 bits per heavy atom. The predicted octanol–water partition coefficient (Wildman–Crippen LogP) is 21.5. The molecule has 2 nitrogen and oxygen atoms in total. The smallest absolute Gasteiger partial charge is 0.0541 e. The molecular weight excluding hydrogens is 989 g/mol. The maximum absolute atomic E-state index is 2.50. The van der Waals surface area contributed by atoms with Crippen molar-refractivity contribution in [1.82, 2.24) is 9.13 Å². The molecule has 0 saturated carbocycles. The quantitative estimate of drug-likeness (QED) is 0.147. The molecular formula is C80H56N2. The summed E-state index contributed by atoms with van der Waals surface area (Å²) in [5.41, 5.74) is 27.2. The third-order valence-electron chi connectivity index (χ3n) is 18.9. The molecule has 13 aromatic carbocycles.